The lowest BCUT2D eigenvalue weighted by molar-refractivity contribution is 0.0757. The van der Waals surface area contributed by atoms with E-state index in [9.17, 15) is 9.18 Å². The van der Waals surface area contributed by atoms with Crippen molar-refractivity contribution in [1.82, 2.24) is 14.8 Å². The molecule has 1 unspecified atom stereocenters. The van der Waals surface area contributed by atoms with Crippen LogP contribution in [0, 0.1) is 5.82 Å². The van der Waals surface area contributed by atoms with Gasteiger partial charge in [0.1, 0.15) is 0 Å². The predicted octanol–water partition coefficient (Wildman–Crippen LogP) is 1.43. The lowest BCUT2D eigenvalue weighted by atomic mass is 10.1. The van der Waals surface area contributed by atoms with Crippen LogP contribution in [-0.2, 0) is 0 Å². The van der Waals surface area contributed by atoms with Gasteiger partial charge in [0.2, 0.25) is 0 Å². The van der Waals surface area contributed by atoms with Gasteiger partial charge in [-0.2, -0.15) is 0 Å². The van der Waals surface area contributed by atoms with Crippen molar-refractivity contribution in [1.29, 1.82) is 0 Å². The molecule has 1 N–H and O–H groups in total. The van der Waals surface area contributed by atoms with Crippen LogP contribution in [0.1, 0.15) is 23.2 Å². The van der Waals surface area contributed by atoms with Crippen molar-refractivity contribution in [2.75, 3.05) is 39.5 Å². The normalized spacial score (nSPS) is 19.1. The number of nitrogens with one attached hydrogen (secondary N) is 1. The number of nitrogens with zero attached hydrogens (tertiary/aromatic N) is 3. The summed E-state index contributed by atoms with van der Waals surface area (Å²) in [6.07, 6.45) is 3.67. The third-order valence-corrected chi connectivity index (χ3v) is 3.86. The zero-order valence-electron chi connectivity index (χ0n) is 12.2. The highest BCUT2D eigenvalue weighted by Gasteiger charge is 2.25. The number of pyridine rings is 1. The molecule has 1 atom stereocenters. The van der Waals surface area contributed by atoms with Gasteiger partial charge in [-0.15, -0.1) is 0 Å². The van der Waals surface area contributed by atoms with Gasteiger partial charge in [-0.1, -0.05) is 0 Å². The minimum Gasteiger partial charge on any atom is -0.371 e. The molecule has 2 heterocycles. The van der Waals surface area contributed by atoms with Crippen molar-refractivity contribution in [2.24, 2.45) is 0 Å². The fraction of sp³-hybridized carbons (Fsp3) is 0.571. The first-order valence-electron chi connectivity index (χ1n) is 6.82. The zero-order chi connectivity index (χ0) is 14.7. The van der Waals surface area contributed by atoms with Gasteiger partial charge in [0.25, 0.3) is 5.91 Å². The van der Waals surface area contributed by atoms with Crippen molar-refractivity contribution in [3.8, 4) is 0 Å². The van der Waals surface area contributed by atoms with Crippen molar-refractivity contribution in [2.45, 2.75) is 18.9 Å². The molecule has 0 bridgehead atoms. The summed E-state index contributed by atoms with van der Waals surface area (Å²) in [6.45, 7) is 1.67. The third-order valence-electron chi connectivity index (χ3n) is 3.86. The Morgan fingerprint density at radius 2 is 2.40 bits per heavy atom. The highest BCUT2D eigenvalue weighted by Crippen LogP contribution is 2.19. The Balaban J connectivity index is 2.10. The molecule has 1 aliphatic heterocycles. The van der Waals surface area contributed by atoms with Crippen LogP contribution in [-0.4, -0.2) is 61.0 Å². The first-order valence-corrected chi connectivity index (χ1v) is 6.82. The maximum Gasteiger partial charge on any atom is 0.256 e. The quantitative estimate of drug-likeness (QED) is 0.906. The van der Waals surface area contributed by atoms with Crippen LogP contribution in [0.25, 0.3) is 0 Å². The first-order chi connectivity index (χ1) is 9.54. The summed E-state index contributed by atoms with van der Waals surface area (Å²) in [6, 6.07) is 1.78. The second-order valence-corrected chi connectivity index (χ2v) is 5.23. The SMILES string of the molecule is CNc1nccc(C(=O)N(C)CC2CCCN2C)c1F. The van der Waals surface area contributed by atoms with Crippen molar-refractivity contribution >= 4 is 11.7 Å². The van der Waals surface area contributed by atoms with Crippen LogP contribution in [0.3, 0.4) is 0 Å². The minimum absolute atomic E-state index is 0.0625. The summed E-state index contributed by atoms with van der Waals surface area (Å²) >= 11 is 0. The highest BCUT2D eigenvalue weighted by atomic mass is 19.1. The zero-order valence-corrected chi connectivity index (χ0v) is 12.2. The van der Waals surface area contributed by atoms with E-state index in [4.69, 9.17) is 0 Å². The van der Waals surface area contributed by atoms with Crippen LogP contribution in [0.4, 0.5) is 10.2 Å². The van der Waals surface area contributed by atoms with Crippen LogP contribution >= 0.6 is 0 Å². The number of likely N-dealkylation sites (N-methyl/N-ethyl adjacent to an activating group) is 2. The molecule has 110 valence electrons. The van der Waals surface area contributed by atoms with Gasteiger partial charge < -0.3 is 15.1 Å². The molecule has 0 aliphatic carbocycles. The van der Waals surface area contributed by atoms with Crippen LogP contribution in [0.2, 0.25) is 0 Å². The van der Waals surface area contributed by atoms with E-state index in [1.165, 1.54) is 12.3 Å². The van der Waals surface area contributed by atoms with E-state index in [1.54, 1.807) is 19.0 Å². The topological polar surface area (TPSA) is 48.5 Å². The second-order valence-electron chi connectivity index (χ2n) is 5.23. The number of aromatic nitrogens is 1. The Labute approximate surface area is 118 Å². The Hall–Kier alpha value is -1.69. The fourth-order valence-electron chi connectivity index (χ4n) is 2.60. The third kappa shape index (κ3) is 2.90. The number of amides is 1. The lowest BCUT2D eigenvalue weighted by Gasteiger charge is -2.26. The predicted molar refractivity (Wildman–Crippen MR) is 76.4 cm³/mol. The van der Waals surface area contributed by atoms with Crippen LogP contribution < -0.4 is 5.32 Å². The van der Waals surface area contributed by atoms with Gasteiger partial charge in [-0.3, -0.25) is 4.79 Å². The lowest BCUT2D eigenvalue weighted by Crippen LogP contribution is -2.39. The molecule has 0 saturated carbocycles. The Morgan fingerprint density at radius 1 is 1.65 bits per heavy atom. The molecule has 1 aliphatic rings. The van der Waals surface area contributed by atoms with Gasteiger partial charge in [-0.05, 0) is 32.5 Å². The summed E-state index contributed by atoms with van der Waals surface area (Å²) in [7, 11) is 5.35. The molecule has 1 fully saturated rings. The van der Waals surface area contributed by atoms with E-state index in [0.29, 0.717) is 12.6 Å². The Morgan fingerprint density at radius 3 is 3.00 bits per heavy atom. The van der Waals surface area contributed by atoms with E-state index in [1.807, 2.05) is 0 Å². The van der Waals surface area contributed by atoms with Crippen molar-refractivity contribution in [3.05, 3.63) is 23.6 Å². The fourth-order valence-corrected chi connectivity index (χ4v) is 2.60. The molecule has 0 spiro atoms. The van der Waals surface area contributed by atoms with Gasteiger partial charge in [0, 0.05) is 32.9 Å². The summed E-state index contributed by atoms with van der Waals surface area (Å²) in [5.74, 6) is -0.796. The van der Waals surface area contributed by atoms with E-state index in [2.05, 4.69) is 22.2 Å². The summed E-state index contributed by atoms with van der Waals surface area (Å²) in [5, 5.41) is 2.64. The second kappa shape index (κ2) is 6.17. The maximum atomic E-state index is 14.1. The molecule has 1 saturated heterocycles. The largest absolute Gasteiger partial charge is 0.371 e. The maximum absolute atomic E-state index is 14.1. The summed E-state index contributed by atoms with van der Waals surface area (Å²) in [5.41, 5.74) is 0.0625. The van der Waals surface area contributed by atoms with Crippen LogP contribution in [0.15, 0.2) is 12.3 Å². The molecular weight excluding hydrogens is 259 g/mol. The average Bonchev–Trinajstić information content (AvgIpc) is 2.84. The molecule has 2 rings (SSSR count). The molecule has 6 heteroatoms. The number of likely N-dealkylation sites (tertiary alicyclic amines) is 1. The Bertz CT molecular complexity index is 494. The van der Waals surface area contributed by atoms with E-state index in [-0.39, 0.29) is 17.3 Å². The minimum atomic E-state index is -0.591. The number of halogens is 1. The van der Waals surface area contributed by atoms with Gasteiger partial charge in [0.05, 0.1) is 5.56 Å². The number of rotatable bonds is 4. The Kier molecular flexibility index (Phi) is 4.54. The van der Waals surface area contributed by atoms with E-state index >= 15 is 0 Å². The van der Waals surface area contributed by atoms with Crippen LogP contribution in [0.5, 0.6) is 0 Å². The van der Waals surface area contributed by atoms with Gasteiger partial charge in [0.15, 0.2) is 11.6 Å². The smallest absolute Gasteiger partial charge is 0.256 e. The number of anilines is 1. The monoisotopic (exact) mass is 280 g/mol. The average molecular weight is 280 g/mol. The summed E-state index contributed by atoms with van der Waals surface area (Å²) < 4.78 is 14.1. The van der Waals surface area contributed by atoms with Gasteiger partial charge in [-0.25, -0.2) is 9.37 Å². The molecule has 1 aromatic heterocycles. The number of carbonyl (C=O) groups is 1. The standard InChI is InChI=1S/C14H21FN4O/c1-16-13-12(15)11(6-7-17-13)14(20)19(3)9-10-5-4-8-18(10)2/h6-7,10H,4-5,8-9H2,1-3H3,(H,16,17). The molecule has 1 amide bonds. The van der Waals surface area contributed by atoms with Crippen molar-refractivity contribution < 1.29 is 9.18 Å². The molecule has 1 aromatic rings. The van der Waals surface area contributed by atoms with E-state index < -0.39 is 5.82 Å². The number of carbonyl (C=O) groups excluding carboxylic acids is 1. The highest BCUT2D eigenvalue weighted by molar-refractivity contribution is 5.95. The first kappa shape index (κ1) is 14.7. The molecule has 0 radical (unpaired) electrons. The molecule has 20 heavy (non-hydrogen) atoms. The van der Waals surface area contributed by atoms with Gasteiger partial charge >= 0.3 is 0 Å². The number of hydrogen-bond acceptors (Lipinski definition) is 4. The summed E-state index contributed by atoms with van der Waals surface area (Å²) in [4.78, 5) is 20.0. The number of hydrogen-bond donors (Lipinski definition) is 1. The molecular formula is C14H21FN4O. The molecule has 5 nitrogen and oxygen atoms in total. The van der Waals surface area contributed by atoms with E-state index in [0.717, 1.165) is 19.4 Å². The molecule has 0 aromatic carbocycles. The van der Waals surface area contributed by atoms with Crippen molar-refractivity contribution in [3.63, 3.8) is 0 Å².